The largest absolute Gasteiger partial charge is 0.418 e. The number of nitrogens with zero attached hydrogens (tertiary/aromatic N) is 2. The molecule has 0 aliphatic rings. The quantitative estimate of drug-likeness (QED) is 0.560. The number of hydrogen-bond donors (Lipinski definition) is 1. The third kappa shape index (κ3) is 3.83. The maximum absolute atomic E-state index is 12.8. The third-order valence-corrected chi connectivity index (χ3v) is 4.40. The lowest BCUT2D eigenvalue weighted by molar-refractivity contribution is 0.0938. The Kier molecular flexibility index (Phi) is 4.97. The molecule has 4 rings (SSSR count). The van der Waals surface area contributed by atoms with E-state index < -0.39 is 6.04 Å². The van der Waals surface area contributed by atoms with Crippen molar-refractivity contribution >= 4 is 5.91 Å². The molecule has 0 saturated carbocycles. The van der Waals surface area contributed by atoms with Gasteiger partial charge in [0.25, 0.3) is 5.91 Å². The van der Waals surface area contributed by atoms with Crippen molar-refractivity contribution in [3.05, 3.63) is 108 Å². The van der Waals surface area contributed by atoms with Gasteiger partial charge in [-0.3, -0.25) is 4.79 Å². The molecular formula is C23H19N3O2. The third-order valence-electron chi connectivity index (χ3n) is 4.40. The van der Waals surface area contributed by atoms with Crippen molar-refractivity contribution in [2.75, 3.05) is 0 Å². The molecule has 0 radical (unpaired) electrons. The number of rotatable bonds is 5. The highest BCUT2D eigenvalue weighted by Gasteiger charge is 2.24. The van der Waals surface area contributed by atoms with E-state index in [0.29, 0.717) is 17.3 Å². The van der Waals surface area contributed by atoms with E-state index in [1.807, 2.05) is 85.8 Å². The van der Waals surface area contributed by atoms with Crippen molar-refractivity contribution < 1.29 is 9.21 Å². The second-order valence-electron chi connectivity index (χ2n) is 6.50. The fourth-order valence-electron chi connectivity index (χ4n) is 2.98. The Labute approximate surface area is 163 Å². The summed E-state index contributed by atoms with van der Waals surface area (Å²) in [5.41, 5.74) is 3.31. The first kappa shape index (κ1) is 17.7. The van der Waals surface area contributed by atoms with Crippen LogP contribution < -0.4 is 5.32 Å². The van der Waals surface area contributed by atoms with Crippen LogP contribution in [0.2, 0.25) is 0 Å². The standard InChI is InChI=1S/C23H19N3O2/c1-16-9-8-14-19(15-16)21(27)24-20(17-10-4-2-5-11-17)23-26-25-22(28-23)18-12-6-3-7-13-18/h2-15,20H,1H3,(H,24,27)/t20-/m0/s1. The number of hydrogen-bond acceptors (Lipinski definition) is 4. The number of aromatic nitrogens is 2. The second-order valence-corrected chi connectivity index (χ2v) is 6.50. The Morgan fingerprint density at radius 3 is 2.32 bits per heavy atom. The van der Waals surface area contributed by atoms with Crippen LogP contribution in [-0.4, -0.2) is 16.1 Å². The van der Waals surface area contributed by atoms with Crippen molar-refractivity contribution in [1.29, 1.82) is 0 Å². The molecule has 0 aliphatic carbocycles. The maximum Gasteiger partial charge on any atom is 0.252 e. The Bertz CT molecular complexity index is 1080. The Balaban J connectivity index is 1.67. The van der Waals surface area contributed by atoms with Crippen LogP contribution in [0.4, 0.5) is 0 Å². The number of carbonyl (C=O) groups excluding carboxylic acids is 1. The highest BCUT2D eigenvalue weighted by Crippen LogP contribution is 2.25. The van der Waals surface area contributed by atoms with Gasteiger partial charge in [0.2, 0.25) is 11.8 Å². The zero-order valence-electron chi connectivity index (χ0n) is 15.4. The monoisotopic (exact) mass is 369 g/mol. The molecule has 5 nitrogen and oxygen atoms in total. The van der Waals surface area contributed by atoms with Gasteiger partial charge in [0, 0.05) is 11.1 Å². The van der Waals surface area contributed by atoms with Gasteiger partial charge >= 0.3 is 0 Å². The molecule has 0 spiro atoms. The highest BCUT2D eigenvalue weighted by atomic mass is 16.4. The first-order chi connectivity index (χ1) is 13.7. The smallest absolute Gasteiger partial charge is 0.252 e. The van der Waals surface area contributed by atoms with E-state index in [2.05, 4.69) is 15.5 Å². The van der Waals surface area contributed by atoms with E-state index in [1.54, 1.807) is 6.07 Å². The van der Waals surface area contributed by atoms with Crippen LogP contribution in [0, 0.1) is 6.92 Å². The van der Waals surface area contributed by atoms with Gasteiger partial charge in [-0.25, -0.2) is 0 Å². The minimum Gasteiger partial charge on any atom is -0.418 e. The summed E-state index contributed by atoms with van der Waals surface area (Å²) in [6, 6.07) is 26.1. The molecule has 0 saturated heterocycles. The van der Waals surface area contributed by atoms with Crippen molar-refractivity contribution in [2.45, 2.75) is 13.0 Å². The first-order valence-corrected chi connectivity index (χ1v) is 9.02. The van der Waals surface area contributed by atoms with Crippen LogP contribution in [0.3, 0.4) is 0 Å². The van der Waals surface area contributed by atoms with Gasteiger partial charge in [-0.1, -0.05) is 66.2 Å². The molecule has 138 valence electrons. The van der Waals surface area contributed by atoms with Crippen LogP contribution in [0.1, 0.15) is 33.4 Å². The summed E-state index contributed by atoms with van der Waals surface area (Å²) in [6.45, 7) is 1.95. The zero-order valence-corrected chi connectivity index (χ0v) is 15.4. The molecule has 5 heteroatoms. The number of carbonyl (C=O) groups is 1. The van der Waals surface area contributed by atoms with Crippen molar-refractivity contribution in [2.24, 2.45) is 0 Å². The molecule has 0 aliphatic heterocycles. The van der Waals surface area contributed by atoms with Crippen LogP contribution in [0.5, 0.6) is 0 Å². The summed E-state index contributed by atoms with van der Waals surface area (Å²) < 4.78 is 5.91. The molecular weight excluding hydrogens is 350 g/mol. The molecule has 0 unspecified atom stereocenters. The average molecular weight is 369 g/mol. The summed E-state index contributed by atoms with van der Waals surface area (Å²) in [5.74, 6) is 0.560. The van der Waals surface area contributed by atoms with E-state index in [4.69, 9.17) is 4.42 Å². The van der Waals surface area contributed by atoms with Crippen LogP contribution >= 0.6 is 0 Å². The molecule has 1 heterocycles. The van der Waals surface area contributed by atoms with Gasteiger partial charge in [0.15, 0.2) is 0 Å². The maximum atomic E-state index is 12.8. The molecule has 0 bridgehead atoms. The summed E-state index contributed by atoms with van der Waals surface area (Å²) >= 11 is 0. The van der Waals surface area contributed by atoms with E-state index in [0.717, 1.165) is 16.7 Å². The van der Waals surface area contributed by atoms with Crippen molar-refractivity contribution in [1.82, 2.24) is 15.5 Å². The Morgan fingerprint density at radius 2 is 1.61 bits per heavy atom. The summed E-state index contributed by atoms with van der Waals surface area (Å²) in [5, 5.41) is 11.4. The number of benzene rings is 3. The molecule has 3 aromatic carbocycles. The minimum atomic E-state index is -0.542. The Hall–Kier alpha value is -3.73. The normalized spacial score (nSPS) is 11.8. The zero-order chi connectivity index (χ0) is 19.3. The summed E-state index contributed by atoms with van der Waals surface area (Å²) in [4.78, 5) is 12.8. The molecule has 1 aromatic heterocycles. The topological polar surface area (TPSA) is 68.0 Å². The number of amides is 1. The second kappa shape index (κ2) is 7.88. The molecule has 1 atom stereocenters. The van der Waals surface area contributed by atoms with Crippen LogP contribution in [-0.2, 0) is 0 Å². The molecule has 0 fully saturated rings. The number of nitrogens with one attached hydrogen (secondary N) is 1. The number of aryl methyl sites for hydroxylation is 1. The van der Waals surface area contributed by atoms with Crippen molar-refractivity contribution in [3.8, 4) is 11.5 Å². The molecule has 4 aromatic rings. The lowest BCUT2D eigenvalue weighted by Crippen LogP contribution is -2.29. The van der Waals surface area contributed by atoms with Gasteiger partial charge in [-0.15, -0.1) is 10.2 Å². The minimum absolute atomic E-state index is 0.197. The predicted octanol–water partition coefficient (Wildman–Crippen LogP) is 4.56. The molecule has 1 N–H and O–H groups in total. The molecule has 1 amide bonds. The lowest BCUT2D eigenvalue weighted by Gasteiger charge is -2.16. The summed E-state index contributed by atoms with van der Waals surface area (Å²) in [7, 11) is 0. The van der Waals surface area contributed by atoms with Crippen LogP contribution in [0.25, 0.3) is 11.5 Å². The lowest BCUT2D eigenvalue weighted by atomic mass is 10.1. The summed E-state index contributed by atoms with van der Waals surface area (Å²) in [6.07, 6.45) is 0. The molecule has 28 heavy (non-hydrogen) atoms. The van der Waals surface area contributed by atoms with E-state index in [1.165, 1.54) is 0 Å². The van der Waals surface area contributed by atoms with Gasteiger partial charge < -0.3 is 9.73 Å². The van der Waals surface area contributed by atoms with E-state index >= 15 is 0 Å². The predicted molar refractivity (Wildman–Crippen MR) is 107 cm³/mol. The SMILES string of the molecule is Cc1cccc(C(=O)N[C@@H](c2ccccc2)c2nnc(-c3ccccc3)o2)c1. The fraction of sp³-hybridized carbons (Fsp3) is 0.0870. The van der Waals surface area contributed by atoms with Crippen molar-refractivity contribution in [3.63, 3.8) is 0 Å². The van der Waals surface area contributed by atoms with Gasteiger partial charge in [-0.2, -0.15) is 0 Å². The van der Waals surface area contributed by atoms with E-state index in [9.17, 15) is 4.79 Å². The first-order valence-electron chi connectivity index (χ1n) is 9.02. The van der Waals surface area contributed by atoms with Gasteiger partial charge in [0.05, 0.1) is 0 Å². The van der Waals surface area contributed by atoms with Gasteiger partial charge in [0.1, 0.15) is 6.04 Å². The van der Waals surface area contributed by atoms with Crippen LogP contribution in [0.15, 0.2) is 89.3 Å². The highest BCUT2D eigenvalue weighted by molar-refractivity contribution is 5.94. The Morgan fingerprint density at radius 1 is 0.893 bits per heavy atom. The van der Waals surface area contributed by atoms with E-state index in [-0.39, 0.29) is 5.91 Å². The fourth-order valence-corrected chi connectivity index (χ4v) is 2.98. The van der Waals surface area contributed by atoms with Gasteiger partial charge in [-0.05, 0) is 36.8 Å². The average Bonchev–Trinajstić information content (AvgIpc) is 3.23.